The van der Waals surface area contributed by atoms with Crippen LogP contribution in [0.4, 0.5) is 18.9 Å². The van der Waals surface area contributed by atoms with Gasteiger partial charge in [0.2, 0.25) is 0 Å². The van der Waals surface area contributed by atoms with Crippen LogP contribution in [0.15, 0.2) is 18.2 Å². The Labute approximate surface area is 115 Å². The van der Waals surface area contributed by atoms with Gasteiger partial charge in [-0.2, -0.15) is 13.2 Å². The Hall–Kier alpha value is -0.940. The summed E-state index contributed by atoms with van der Waals surface area (Å²) < 4.78 is 38.4. The summed E-state index contributed by atoms with van der Waals surface area (Å²) in [6.45, 7) is 2.45. The highest BCUT2D eigenvalue weighted by atomic mass is 35.5. The maximum absolute atomic E-state index is 12.8. The molecule has 1 saturated heterocycles. The predicted molar refractivity (Wildman–Crippen MR) is 70.7 cm³/mol. The minimum atomic E-state index is -4.41. The van der Waals surface area contributed by atoms with E-state index in [1.165, 1.54) is 6.07 Å². The molecule has 1 atom stereocenters. The molecule has 1 unspecified atom stereocenters. The van der Waals surface area contributed by atoms with Gasteiger partial charge in [0.05, 0.1) is 10.6 Å². The average Bonchev–Trinajstić information content (AvgIpc) is 2.77. The Morgan fingerprint density at radius 1 is 1.42 bits per heavy atom. The zero-order valence-corrected chi connectivity index (χ0v) is 11.4. The van der Waals surface area contributed by atoms with Crippen molar-refractivity contribution in [1.82, 2.24) is 5.32 Å². The van der Waals surface area contributed by atoms with Crippen LogP contribution in [-0.2, 0) is 6.18 Å². The van der Waals surface area contributed by atoms with Crippen molar-refractivity contribution in [2.75, 3.05) is 31.6 Å². The lowest BCUT2D eigenvalue weighted by atomic mass is 10.1. The number of nitrogens with zero attached hydrogens (tertiary/aromatic N) is 1. The molecule has 6 heteroatoms. The molecule has 0 radical (unpaired) electrons. The lowest BCUT2D eigenvalue weighted by Crippen LogP contribution is -2.24. The second-order valence-corrected chi connectivity index (χ2v) is 5.23. The van der Waals surface area contributed by atoms with Gasteiger partial charge >= 0.3 is 6.18 Å². The van der Waals surface area contributed by atoms with Gasteiger partial charge < -0.3 is 10.2 Å². The first-order chi connectivity index (χ1) is 8.91. The number of benzene rings is 1. The predicted octanol–water partition coefficient (Wildman–Crippen LogP) is 3.40. The van der Waals surface area contributed by atoms with Crippen LogP contribution in [0, 0.1) is 5.92 Å². The van der Waals surface area contributed by atoms with Crippen molar-refractivity contribution in [1.29, 1.82) is 0 Å². The summed E-state index contributed by atoms with van der Waals surface area (Å²) in [5.41, 5.74) is -0.168. The first kappa shape index (κ1) is 14.5. The van der Waals surface area contributed by atoms with Gasteiger partial charge in [-0.25, -0.2) is 0 Å². The molecule has 0 aromatic heterocycles. The van der Waals surface area contributed by atoms with Crippen molar-refractivity contribution >= 4 is 17.3 Å². The van der Waals surface area contributed by atoms with Crippen molar-refractivity contribution in [3.8, 4) is 0 Å². The van der Waals surface area contributed by atoms with Gasteiger partial charge in [-0.05, 0) is 44.1 Å². The Bertz CT molecular complexity index is 448. The molecule has 0 bridgehead atoms. The molecule has 1 fully saturated rings. The van der Waals surface area contributed by atoms with Crippen LogP contribution >= 0.6 is 11.6 Å². The summed E-state index contributed by atoms with van der Waals surface area (Å²) in [7, 11) is 1.88. The van der Waals surface area contributed by atoms with Crippen LogP contribution in [0.2, 0.25) is 5.02 Å². The van der Waals surface area contributed by atoms with E-state index in [9.17, 15) is 13.2 Å². The fourth-order valence-corrected chi connectivity index (χ4v) is 2.67. The molecule has 1 aliphatic rings. The van der Waals surface area contributed by atoms with E-state index < -0.39 is 11.7 Å². The Balaban J connectivity index is 2.18. The quantitative estimate of drug-likeness (QED) is 0.918. The van der Waals surface area contributed by atoms with E-state index in [0.717, 1.165) is 32.1 Å². The molecular weight excluding hydrogens is 277 g/mol. The molecule has 1 aliphatic heterocycles. The van der Waals surface area contributed by atoms with Crippen LogP contribution in [0.1, 0.15) is 12.0 Å². The molecule has 2 rings (SSSR count). The van der Waals surface area contributed by atoms with E-state index in [1.54, 1.807) is 6.07 Å². The molecule has 0 aliphatic carbocycles. The number of hydrogen-bond donors (Lipinski definition) is 1. The fraction of sp³-hybridized carbons (Fsp3) is 0.538. The number of halogens is 4. The molecule has 0 saturated carbocycles. The highest BCUT2D eigenvalue weighted by Gasteiger charge is 2.34. The maximum atomic E-state index is 12.8. The Morgan fingerprint density at radius 3 is 2.79 bits per heavy atom. The van der Waals surface area contributed by atoms with Gasteiger partial charge in [-0.3, -0.25) is 0 Å². The van der Waals surface area contributed by atoms with Gasteiger partial charge in [-0.1, -0.05) is 11.6 Å². The van der Waals surface area contributed by atoms with Crippen molar-refractivity contribution in [3.05, 3.63) is 28.8 Å². The van der Waals surface area contributed by atoms with Crippen molar-refractivity contribution in [2.24, 2.45) is 5.92 Å². The molecule has 1 aromatic carbocycles. The molecule has 0 amide bonds. The van der Waals surface area contributed by atoms with E-state index in [2.05, 4.69) is 5.32 Å². The van der Waals surface area contributed by atoms with Gasteiger partial charge in [0.1, 0.15) is 0 Å². The summed E-state index contributed by atoms with van der Waals surface area (Å²) >= 11 is 5.62. The summed E-state index contributed by atoms with van der Waals surface area (Å²) in [6.07, 6.45) is -3.41. The van der Waals surface area contributed by atoms with Gasteiger partial charge in [0.15, 0.2) is 0 Å². The lowest BCUT2D eigenvalue weighted by Gasteiger charge is -2.20. The van der Waals surface area contributed by atoms with Crippen molar-refractivity contribution in [2.45, 2.75) is 12.6 Å². The standard InChI is InChI=1S/C13H16ClF3N2/c1-18-7-9-4-5-19(8-9)10-2-3-12(14)11(6-10)13(15,16)17/h2-3,6,9,18H,4-5,7-8H2,1H3. The fourth-order valence-electron chi connectivity index (χ4n) is 2.45. The first-order valence-electron chi connectivity index (χ1n) is 6.18. The Kier molecular flexibility index (Phi) is 4.26. The van der Waals surface area contributed by atoms with Crippen LogP contribution in [0.3, 0.4) is 0 Å². The van der Waals surface area contributed by atoms with E-state index in [0.29, 0.717) is 11.6 Å². The average molecular weight is 293 g/mol. The molecule has 1 N–H and O–H groups in total. The zero-order valence-electron chi connectivity index (χ0n) is 10.6. The zero-order chi connectivity index (χ0) is 14.0. The first-order valence-corrected chi connectivity index (χ1v) is 6.56. The number of rotatable bonds is 3. The lowest BCUT2D eigenvalue weighted by molar-refractivity contribution is -0.137. The Morgan fingerprint density at radius 2 is 2.16 bits per heavy atom. The molecule has 1 aromatic rings. The van der Waals surface area contributed by atoms with E-state index in [4.69, 9.17) is 11.6 Å². The minimum absolute atomic E-state index is 0.248. The van der Waals surface area contributed by atoms with Crippen LogP contribution < -0.4 is 10.2 Å². The SMILES string of the molecule is CNCC1CCN(c2ccc(Cl)c(C(F)(F)F)c2)C1. The highest BCUT2D eigenvalue weighted by molar-refractivity contribution is 6.31. The highest BCUT2D eigenvalue weighted by Crippen LogP contribution is 2.37. The van der Waals surface area contributed by atoms with E-state index in [-0.39, 0.29) is 5.02 Å². The third kappa shape index (κ3) is 3.34. The summed E-state index contributed by atoms with van der Waals surface area (Å²) in [6, 6.07) is 4.12. The van der Waals surface area contributed by atoms with E-state index in [1.807, 2.05) is 11.9 Å². The summed E-state index contributed by atoms with van der Waals surface area (Å²) in [5.74, 6) is 0.481. The van der Waals surface area contributed by atoms with Crippen LogP contribution in [0.5, 0.6) is 0 Å². The third-order valence-electron chi connectivity index (χ3n) is 3.40. The van der Waals surface area contributed by atoms with Crippen LogP contribution in [-0.4, -0.2) is 26.7 Å². The van der Waals surface area contributed by atoms with Crippen molar-refractivity contribution < 1.29 is 13.2 Å². The second-order valence-electron chi connectivity index (χ2n) is 4.82. The maximum Gasteiger partial charge on any atom is 0.417 e. The van der Waals surface area contributed by atoms with Gasteiger partial charge in [0.25, 0.3) is 0 Å². The molecule has 1 heterocycles. The normalized spacial score (nSPS) is 20.1. The largest absolute Gasteiger partial charge is 0.417 e. The molecule has 2 nitrogen and oxygen atoms in total. The monoisotopic (exact) mass is 292 g/mol. The third-order valence-corrected chi connectivity index (χ3v) is 3.73. The summed E-state index contributed by atoms with van der Waals surface area (Å²) in [4.78, 5) is 1.98. The van der Waals surface area contributed by atoms with Crippen molar-refractivity contribution in [3.63, 3.8) is 0 Å². The number of anilines is 1. The minimum Gasteiger partial charge on any atom is -0.371 e. The molecule has 0 spiro atoms. The topological polar surface area (TPSA) is 15.3 Å². The number of hydrogen-bond acceptors (Lipinski definition) is 2. The second kappa shape index (κ2) is 5.59. The van der Waals surface area contributed by atoms with Gasteiger partial charge in [-0.15, -0.1) is 0 Å². The molecule has 19 heavy (non-hydrogen) atoms. The molecule has 106 valence electrons. The molecular formula is C13H16ClF3N2. The number of alkyl halides is 3. The van der Waals surface area contributed by atoms with Gasteiger partial charge in [0, 0.05) is 18.8 Å². The summed E-state index contributed by atoms with van der Waals surface area (Å²) in [5, 5.41) is 2.85. The smallest absolute Gasteiger partial charge is 0.371 e. The van der Waals surface area contributed by atoms with Crippen LogP contribution in [0.25, 0.3) is 0 Å². The number of nitrogens with one attached hydrogen (secondary N) is 1. The van der Waals surface area contributed by atoms with E-state index >= 15 is 0 Å².